The van der Waals surface area contributed by atoms with Crippen LogP contribution in [0.15, 0.2) is 43.2 Å². The molecule has 1 aliphatic rings. The average molecular weight is 338 g/mol. The molecule has 7 nitrogen and oxygen atoms in total. The summed E-state index contributed by atoms with van der Waals surface area (Å²) >= 11 is 0. The van der Waals surface area contributed by atoms with Crippen LogP contribution in [0.1, 0.15) is 29.4 Å². The number of aromatic nitrogens is 5. The van der Waals surface area contributed by atoms with Crippen LogP contribution in [-0.4, -0.2) is 49.4 Å². The summed E-state index contributed by atoms with van der Waals surface area (Å²) in [6, 6.07) is 6.74. The Labute approximate surface area is 146 Å². The van der Waals surface area contributed by atoms with Gasteiger partial charge in [0.05, 0.1) is 18.5 Å². The van der Waals surface area contributed by atoms with Gasteiger partial charge in [0.2, 0.25) is 0 Å². The van der Waals surface area contributed by atoms with E-state index >= 15 is 0 Å². The highest BCUT2D eigenvalue weighted by Crippen LogP contribution is 2.33. The Balaban J connectivity index is 1.56. The maximum Gasteiger partial charge on any atom is 0.141 e. The highest BCUT2D eigenvalue weighted by atomic mass is 16.5. The topological polar surface area (TPSA) is 71.9 Å². The van der Waals surface area contributed by atoms with Crippen molar-refractivity contribution in [1.82, 2.24) is 29.6 Å². The van der Waals surface area contributed by atoms with Crippen LogP contribution in [0.3, 0.4) is 0 Å². The zero-order valence-corrected chi connectivity index (χ0v) is 14.5. The molecule has 7 heteroatoms. The summed E-state index contributed by atoms with van der Waals surface area (Å²) in [5, 5.41) is 7.02. The van der Waals surface area contributed by atoms with Gasteiger partial charge in [-0.25, -0.2) is 9.97 Å². The predicted molar refractivity (Wildman–Crippen MR) is 93.2 cm³/mol. The Hall–Kier alpha value is -2.51. The van der Waals surface area contributed by atoms with Crippen molar-refractivity contribution in [2.75, 3.05) is 13.7 Å². The van der Waals surface area contributed by atoms with Crippen molar-refractivity contribution in [3.63, 3.8) is 0 Å². The van der Waals surface area contributed by atoms with Gasteiger partial charge in [-0.3, -0.25) is 10.00 Å². The fraction of sp³-hybridized carbons (Fsp3) is 0.389. The fourth-order valence-electron chi connectivity index (χ4n) is 3.52. The lowest BCUT2D eigenvalue weighted by Crippen LogP contribution is -2.25. The summed E-state index contributed by atoms with van der Waals surface area (Å²) in [7, 11) is 1.77. The number of imidazole rings is 1. The number of benzene rings is 1. The molecule has 1 fully saturated rings. The van der Waals surface area contributed by atoms with Gasteiger partial charge in [-0.2, -0.15) is 5.10 Å². The predicted octanol–water partition coefficient (Wildman–Crippen LogP) is 2.26. The van der Waals surface area contributed by atoms with E-state index in [-0.39, 0.29) is 12.1 Å². The number of methoxy groups -OCH3 is 1. The number of rotatable bonds is 5. The average Bonchev–Trinajstić information content (AvgIpc) is 3.38. The van der Waals surface area contributed by atoms with Gasteiger partial charge >= 0.3 is 0 Å². The van der Waals surface area contributed by atoms with E-state index in [2.05, 4.69) is 50.2 Å². The molecule has 3 heterocycles. The van der Waals surface area contributed by atoms with Crippen molar-refractivity contribution < 1.29 is 4.74 Å². The molecule has 0 unspecified atom stereocenters. The van der Waals surface area contributed by atoms with E-state index in [0.29, 0.717) is 0 Å². The summed E-state index contributed by atoms with van der Waals surface area (Å²) in [6.45, 7) is 3.91. The Kier molecular flexibility index (Phi) is 4.33. The molecular weight excluding hydrogens is 316 g/mol. The first-order valence-corrected chi connectivity index (χ1v) is 8.44. The normalized spacial score (nSPS) is 21.0. The van der Waals surface area contributed by atoms with E-state index in [4.69, 9.17) is 4.74 Å². The Bertz CT molecular complexity index is 814. The van der Waals surface area contributed by atoms with Crippen molar-refractivity contribution in [2.45, 2.75) is 32.0 Å². The third kappa shape index (κ3) is 3.20. The molecule has 4 rings (SSSR count). The van der Waals surface area contributed by atoms with Crippen molar-refractivity contribution >= 4 is 0 Å². The fourth-order valence-corrected chi connectivity index (χ4v) is 3.52. The Morgan fingerprint density at radius 2 is 2.28 bits per heavy atom. The van der Waals surface area contributed by atoms with Gasteiger partial charge in [0.1, 0.15) is 12.2 Å². The summed E-state index contributed by atoms with van der Waals surface area (Å²) < 4.78 is 7.61. The first kappa shape index (κ1) is 16.0. The number of aromatic amines is 1. The van der Waals surface area contributed by atoms with Crippen molar-refractivity contribution in [3.8, 4) is 5.69 Å². The van der Waals surface area contributed by atoms with Crippen molar-refractivity contribution in [2.24, 2.45) is 0 Å². The molecule has 1 aliphatic heterocycles. The second-order valence-corrected chi connectivity index (χ2v) is 6.49. The van der Waals surface area contributed by atoms with Gasteiger partial charge < -0.3 is 9.30 Å². The molecule has 25 heavy (non-hydrogen) atoms. The van der Waals surface area contributed by atoms with Gasteiger partial charge in [0.25, 0.3) is 0 Å². The zero-order valence-electron chi connectivity index (χ0n) is 14.5. The highest BCUT2D eigenvalue weighted by molar-refractivity contribution is 5.40. The molecule has 2 atom stereocenters. The van der Waals surface area contributed by atoms with Gasteiger partial charge in [0.15, 0.2) is 0 Å². The van der Waals surface area contributed by atoms with Crippen LogP contribution in [0, 0.1) is 6.92 Å². The Morgan fingerprint density at radius 3 is 2.96 bits per heavy atom. The minimum absolute atomic E-state index is 0.208. The lowest BCUT2D eigenvalue weighted by atomic mass is 10.1. The van der Waals surface area contributed by atoms with Crippen LogP contribution < -0.4 is 0 Å². The number of aryl methyl sites for hydroxylation is 1. The molecule has 130 valence electrons. The molecule has 2 aromatic heterocycles. The first-order valence-electron chi connectivity index (χ1n) is 8.44. The SMILES string of the molecule is CO[C@@H]1C[C@@H](c2ncn[nH]2)N(Cc2ccc(-n3ccnc3)cc2C)C1. The molecule has 0 amide bonds. The van der Waals surface area contributed by atoms with Crippen LogP contribution in [0.2, 0.25) is 0 Å². The summed E-state index contributed by atoms with van der Waals surface area (Å²) in [5.74, 6) is 0.909. The van der Waals surface area contributed by atoms with Crippen LogP contribution in [-0.2, 0) is 11.3 Å². The number of H-pyrrole nitrogens is 1. The second kappa shape index (κ2) is 6.78. The number of hydrogen-bond donors (Lipinski definition) is 1. The standard InChI is InChI=1S/C18H22N6O/c1-13-7-15(23-6-5-19-12-23)4-3-14(13)9-24-10-16(25-2)8-17(24)18-20-11-21-22-18/h3-7,11-12,16-17H,8-10H2,1-2H3,(H,20,21,22)/t16-,17+/m1/s1. The van der Waals surface area contributed by atoms with Gasteiger partial charge in [-0.05, 0) is 36.6 Å². The molecule has 0 saturated carbocycles. The molecular formula is C18H22N6O. The summed E-state index contributed by atoms with van der Waals surface area (Å²) in [4.78, 5) is 10.9. The Morgan fingerprint density at radius 1 is 1.36 bits per heavy atom. The first-order chi connectivity index (χ1) is 12.2. The largest absolute Gasteiger partial charge is 0.380 e. The van der Waals surface area contributed by atoms with Crippen molar-refractivity contribution in [3.05, 3.63) is 60.2 Å². The lowest BCUT2D eigenvalue weighted by Gasteiger charge is -2.23. The third-order valence-electron chi connectivity index (χ3n) is 4.95. The molecule has 1 N–H and O–H groups in total. The maximum absolute atomic E-state index is 5.59. The molecule has 0 spiro atoms. The van der Waals surface area contributed by atoms with E-state index in [1.165, 1.54) is 11.1 Å². The van der Waals surface area contributed by atoms with Crippen LogP contribution in [0.4, 0.5) is 0 Å². The maximum atomic E-state index is 5.59. The molecule has 1 aromatic carbocycles. The monoisotopic (exact) mass is 338 g/mol. The smallest absolute Gasteiger partial charge is 0.141 e. The van der Waals surface area contributed by atoms with Crippen LogP contribution in [0.25, 0.3) is 5.69 Å². The third-order valence-corrected chi connectivity index (χ3v) is 4.95. The zero-order chi connectivity index (χ0) is 17.2. The van der Waals surface area contributed by atoms with Gasteiger partial charge in [-0.1, -0.05) is 6.07 Å². The van der Waals surface area contributed by atoms with Crippen LogP contribution in [0.5, 0.6) is 0 Å². The van der Waals surface area contributed by atoms with E-state index in [1.807, 2.05) is 17.1 Å². The summed E-state index contributed by atoms with van der Waals surface area (Å²) in [6.07, 6.45) is 8.29. The molecule has 1 saturated heterocycles. The number of likely N-dealkylation sites (tertiary alicyclic amines) is 1. The minimum atomic E-state index is 0.208. The molecule has 3 aromatic rings. The quantitative estimate of drug-likeness (QED) is 0.772. The lowest BCUT2D eigenvalue weighted by molar-refractivity contribution is 0.107. The van der Waals surface area contributed by atoms with Crippen LogP contribution >= 0.6 is 0 Å². The number of hydrogen-bond acceptors (Lipinski definition) is 5. The number of ether oxygens (including phenoxy) is 1. The van der Waals surface area contributed by atoms with E-state index in [1.54, 1.807) is 19.6 Å². The highest BCUT2D eigenvalue weighted by Gasteiger charge is 2.35. The van der Waals surface area contributed by atoms with E-state index in [0.717, 1.165) is 31.0 Å². The van der Waals surface area contributed by atoms with E-state index in [9.17, 15) is 0 Å². The molecule has 0 radical (unpaired) electrons. The number of nitrogens with one attached hydrogen (secondary N) is 1. The second-order valence-electron chi connectivity index (χ2n) is 6.49. The molecule has 0 aliphatic carbocycles. The van der Waals surface area contributed by atoms with E-state index < -0.39 is 0 Å². The number of nitrogens with zero attached hydrogens (tertiary/aromatic N) is 5. The van der Waals surface area contributed by atoms with Gasteiger partial charge in [-0.15, -0.1) is 0 Å². The van der Waals surface area contributed by atoms with Crippen molar-refractivity contribution in [1.29, 1.82) is 0 Å². The van der Waals surface area contributed by atoms with Gasteiger partial charge in [0, 0.05) is 38.3 Å². The molecule has 0 bridgehead atoms. The summed E-state index contributed by atoms with van der Waals surface area (Å²) in [5.41, 5.74) is 3.70. The minimum Gasteiger partial charge on any atom is -0.380 e.